The second-order valence-electron chi connectivity index (χ2n) is 9.54. The van der Waals surface area contributed by atoms with Crippen LogP contribution in [0, 0.1) is 0 Å². The molecular formula is C27H31ClN4O5. The van der Waals surface area contributed by atoms with Crippen LogP contribution >= 0.6 is 11.6 Å². The van der Waals surface area contributed by atoms with Gasteiger partial charge in [-0.25, -0.2) is 4.98 Å². The van der Waals surface area contributed by atoms with Gasteiger partial charge in [-0.15, -0.1) is 0 Å². The van der Waals surface area contributed by atoms with E-state index in [2.05, 4.69) is 20.2 Å². The third kappa shape index (κ3) is 6.67. The maximum Gasteiger partial charge on any atom is 0.181 e. The Balaban J connectivity index is 1.10. The molecule has 9 nitrogen and oxygen atoms in total. The number of nitrogens with one attached hydrogen (secondary N) is 1. The van der Waals surface area contributed by atoms with Gasteiger partial charge in [0.2, 0.25) is 0 Å². The van der Waals surface area contributed by atoms with Crippen molar-refractivity contribution in [3.63, 3.8) is 0 Å². The number of rotatable bonds is 11. The number of hydrogen-bond donors (Lipinski definition) is 2. The summed E-state index contributed by atoms with van der Waals surface area (Å²) in [7, 11) is 0. The van der Waals surface area contributed by atoms with Gasteiger partial charge in [-0.05, 0) is 42.5 Å². The molecule has 2 aromatic heterocycles. The third-order valence-electron chi connectivity index (χ3n) is 6.76. The minimum absolute atomic E-state index is 0.0218. The first-order valence-electron chi connectivity index (χ1n) is 12.6. The van der Waals surface area contributed by atoms with Gasteiger partial charge in [-0.2, -0.15) is 0 Å². The van der Waals surface area contributed by atoms with Crippen LogP contribution < -0.4 is 10.1 Å². The van der Waals surface area contributed by atoms with Crippen LogP contribution in [0.3, 0.4) is 0 Å². The zero-order chi connectivity index (χ0) is 25.6. The van der Waals surface area contributed by atoms with Crippen LogP contribution in [0.25, 0.3) is 0 Å². The predicted octanol–water partition coefficient (Wildman–Crippen LogP) is 3.88. The van der Waals surface area contributed by atoms with E-state index < -0.39 is 6.10 Å². The number of β-amino-alcohol motifs (C(OH)–C–C–N with tert-alkyl or cyclic N) is 1. The van der Waals surface area contributed by atoms with Crippen molar-refractivity contribution in [3.05, 3.63) is 70.7 Å². The Morgan fingerprint density at radius 1 is 1.30 bits per heavy atom. The zero-order valence-corrected chi connectivity index (χ0v) is 21.3. The Labute approximate surface area is 220 Å². The first kappa shape index (κ1) is 25.7. The normalized spacial score (nSPS) is 18.4. The number of halogens is 1. The molecule has 196 valence electrons. The summed E-state index contributed by atoms with van der Waals surface area (Å²) in [6.07, 6.45) is 8.04. The van der Waals surface area contributed by atoms with E-state index in [1.807, 2.05) is 18.2 Å². The van der Waals surface area contributed by atoms with E-state index in [1.54, 1.807) is 18.6 Å². The number of ether oxygens (including phenoxy) is 2. The largest absolute Gasteiger partial charge is 0.484 e. The van der Waals surface area contributed by atoms with Crippen LogP contribution in [0.2, 0.25) is 5.02 Å². The highest BCUT2D eigenvalue weighted by atomic mass is 35.5. The number of aliphatic hydroxyl groups excluding tert-OH is 1. The fourth-order valence-corrected chi connectivity index (χ4v) is 5.10. The molecule has 2 atom stereocenters. The minimum Gasteiger partial charge on any atom is -0.484 e. The number of aromatic nitrogens is 2. The summed E-state index contributed by atoms with van der Waals surface area (Å²) >= 11 is 6.63. The van der Waals surface area contributed by atoms with Crippen molar-refractivity contribution in [1.82, 2.24) is 14.9 Å². The monoisotopic (exact) mass is 526 g/mol. The molecule has 2 aliphatic rings. The van der Waals surface area contributed by atoms with Crippen molar-refractivity contribution in [2.24, 2.45) is 0 Å². The van der Waals surface area contributed by atoms with Crippen molar-refractivity contribution in [3.8, 4) is 5.75 Å². The van der Waals surface area contributed by atoms with Crippen LogP contribution in [0.5, 0.6) is 5.75 Å². The molecule has 37 heavy (non-hydrogen) atoms. The summed E-state index contributed by atoms with van der Waals surface area (Å²) in [5, 5.41) is 14.6. The molecule has 1 unspecified atom stereocenters. The molecule has 0 bridgehead atoms. The quantitative estimate of drug-likeness (QED) is 0.359. The number of nitrogens with zero attached hydrogens (tertiary/aromatic N) is 3. The van der Waals surface area contributed by atoms with Gasteiger partial charge < -0.3 is 24.3 Å². The number of pyridine rings is 1. The van der Waals surface area contributed by atoms with E-state index in [0.717, 1.165) is 42.8 Å². The molecule has 5 rings (SSSR count). The molecule has 0 saturated carbocycles. The van der Waals surface area contributed by atoms with Crippen molar-refractivity contribution >= 4 is 23.1 Å². The lowest BCUT2D eigenvalue weighted by atomic mass is 9.98. The molecule has 0 aliphatic carbocycles. The average Bonchev–Trinajstić information content (AvgIpc) is 3.62. The van der Waals surface area contributed by atoms with Gasteiger partial charge in [0.25, 0.3) is 0 Å². The van der Waals surface area contributed by atoms with Gasteiger partial charge in [0.05, 0.1) is 35.7 Å². The van der Waals surface area contributed by atoms with Gasteiger partial charge in [0.1, 0.15) is 12.4 Å². The van der Waals surface area contributed by atoms with Gasteiger partial charge in [-0.3, -0.25) is 14.7 Å². The minimum atomic E-state index is -0.601. The molecule has 0 amide bonds. The number of oxazole rings is 1. The number of aliphatic hydroxyl groups is 1. The molecule has 1 saturated heterocycles. The van der Waals surface area contributed by atoms with Crippen LogP contribution in [-0.4, -0.2) is 64.2 Å². The summed E-state index contributed by atoms with van der Waals surface area (Å²) < 4.78 is 16.4. The number of anilines is 1. The smallest absolute Gasteiger partial charge is 0.181 e. The maximum absolute atomic E-state index is 12.7. The lowest BCUT2D eigenvalue weighted by molar-refractivity contribution is 0.0836. The van der Waals surface area contributed by atoms with E-state index in [4.69, 9.17) is 25.5 Å². The Morgan fingerprint density at radius 2 is 2.22 bits per heavy atom. The van der Waals surface area contributed by atoms with Crippen LogP contribution in [0.1, 0.15) is 46.5 Å². The molecule has 0 spiro atoms. The predicted molar refractivity (Wildman–Crippen MR) is 138 cm³/mol. The zero-order valence-electron chi connectivity index (χ0n) is 20.6. The molecule has 0 radical (unpaired) electrons. The summed E-state index contributed by atoms with van der Waals surface area (Å²) in [4.78, 5) is 23.0. The molecule has 1 fully saturated rings. The molecule has 4 heterocycles. The molecular weight excluding hydrogens is 496 g/mol. The molecule has 3 aromatic rings. The van der Waals surface area contributed by atoms with Crippen molar-refractivity contribution in [2.75, 3.05) is 31.6 Å². The Kier molecular flexibility index (Phi) is 8.35. The second-order valence-corrected chi connectivity index (χ2v) is 9.92. The van der Waals surface area contributed by atoms with E-state index in [1.165, 1.54) is 6.39 Å². The van der Waals surface area contributed by atoms with Gasteiger partial charge in [0, 0.05) is 50.6 Å². The van der Waals surface area contributed by atoms with E-state index >= 15 is 0 Å². The second kappa shape index (κ2) is 12.0. The van der Waals surface area contributed by atoms with Gasteiger partial charge in [0.15, 0.2) is 17.9 Å². The van der Waals surface area contributed by atoms with Gasteiger partial charge >= 0.3 is 0 Å². The number of benzene rings is 1. The first-order valence-corrected chi connectivity index (χ1v) is 13.0. The number of Topliss-reactive ketones (excluding diaryl/α,β-unsaturated/α-hetero) is 1. The van der Waals surface area contributed by atoms with E-state index in [0.29, 0.717) is 48.2 Å². The highest BCUT2D eigenvalue weighted by Crippen LogP contribution is 2.34. The van der Waals surface area contributed by atoms with Crippen molar-refractivity contribution in [2.45, 2.75) is 51.0 Å². The van der Waals surface area contributed by atoms with Gasteiger partial charge in [-0.1, -0.05) is 17.7 Å². The Morgan fingerprint density at radius 3 is 3.03 bits per heavy atom. The van der Waals surface area contributed by atoms with Crippen LogP contribution in [0.4, 0.5) is 5.69 Å². The highest BCUT2D eigenvalue weighted by Gasteiger charge is 2.23. The standard InChI is InChI=1S/C27H31ClN4O5/c28-27-24-5-7-32(13-18(24)1-4-26(27)36-16-23-12-30-17-37-23)14-22(33)2-3-25(34)19-9-21(11-29-10-19)31-20-6-8-35-15-20/h1,4,9-12,17,20,22,31,33H,2-3,5-8,13-16H2/t20?,22-/m0/s1. The molecule has 10 heteroatoms. The summed E-state index contributed by atoms with van der Waals surface area (Å²) in [5.41, 5.74) is 3.57. The Bertz CT molecular complexity index is 1200. The number of carbonyl (C=O) groups excluding carboxylic acids is 1. The maximum atomic E-state index is 12.7. The molecule has 1 aromatic carbocycles. The first-order chi connectivity index (χ1) is 18.0. The summed E-state index contributed by atoms with van der Waals surface area (Å²) in [6, 6.07) is 5.96. The fraction of sp³-hybridized carbons (Fsp3) is 0.444. The fourth-order valence-electron chi connectivity index (χ4n) is 4.76. The van der Waals surface area contributed by atoms with Crippen LogP contribution in [0.15, 0.2) is 47.6 Å². The number of ketones is 1. The Hall–Kier alpha value is -2.98. The number of hydrogen-bond acceptors (Lipinski definition) is 9. The average molecular weight is 527 g/mol. The summed E-state index contributed by atoms with van der Waals surface area (Å²) in [5.74, 6) is 1.23. The topological polar surface area (TPSA) is 110 Å². The highest BCUT2D eigenvalue weighted by molar-refractivity contribution is 6.33. The number of carbonyl (C=O) groups is 1. The molecule has 2 aliphatic heterocycles. The summed E-state index contributed by atoms with van der Waals surface area (Å²) in [6.45, 7) is 3.63. The number of fused-ring (bicyclic) bond motifs is 1. The van der Waals surface area contributed by atoms with E-state index in [9.17, 15) is 9.90 Å². The molecule has 2 N–H and O–H groups in total. The van der Waals surface area contributed by atoms with Crippen LogP contribution in [-0.2, 0) is 24.3 Å². The lowest BCUT2D eigenvalue weighted by Crippen LogP contribution is -2.37. The van der Waals surface area contributed by atoms with Crippen molar-refractivity contribution < 1.29 is 23.8 Å². The SMILES string of the molecule is O=C(CC[C@H](O)CN1CCc2c(ccc(OCc3cnco3)c2Cl)C1)c1cncc(NC2CCOC2)c1. The van der Waals surface area contributed by atoms with E-state index in [-0.39, 0.29) is 24.9 Å². The third-order valence-corrected chi connectivity index (χ3v) is 7.18. The lowest BCUT2D eigenvalue weighted by Gasteiger charge is -2.31. The van der Waals surface area contributed by atoms with Crippen molar-refractivity contribution in [1.29, 1.82) is 0 Å².